The van der Waals surface area contributed by atoms with Crippen molar-refractivity contribution in [1.29, 1.82) is 0 Å². The highest BCUT2D eigenvalue weighted by Gasteiger charge is 2.09. The van der Waals surface area contributed by atoms with Crippen LogP contribution in [0.2, 0.25) is 0 Å². The van der Waals surface area contributed by atoms with Gasteiger partial charge < -0.3 is 5.32 Å². The standard InChI is InChI=1S/C24H24N4/c1-19(21-8-4-9-22(16-21)20-10-13-25-14-11-20)26-17-23-6-2-3-7-24(23)18-28-15-5-12-27-28/h2-16,19,26H,17-18H2,1H3. The number of hydrogen-bond donors (Lipinski definition) is 1. The van der Waals surface area contributed by atoms with Crippen LogP contribution in [0.25, 0.3) is 11.1 Å². The molecule has 4 nitrogen and oxygen atoms in total. The number of hydrogen-bond acceptors (Lipinski definition) is 3. The molecular formula is C24H24N4. The van der Waals surface area contributed by atoms with Gasteiger partial charge in [-0.25, -0.2) is 0 Å². The van der Waals surface area contributed by atoms with Gasteiger partial charge in [-0.2, -0.15) is 5.10 Å². The maximum atomic E-state index is 4.33. The monoisotopic (exact) mass is 368 g/mol. The zero-order valence-electron chi connectivity index (χ0n) is 16.0. The van der Waals surface area contributed by atoms with Crippen LogP contribution < -0.4 is 5.32 Å². The Morgan fingerprint density at radius 2 is 1.68 bits per heavy atom. The Morgan fingerprint density at radius 3 is 2.46 bits per heavy atom. The van der Waals surface area contributed by atoms with E-state index in [2.05, 4.69) is 70.9 Å². The van der Waals surface area contributed by atoms with Gasteiger partial charge in [-0.15, -0.1) is 0 Å². The molecule has 1 N–H and O–H groups in total. The van der Waals surface area contributed by atoms with Gasteiger partial charge in [0.2, 0.25) is 0 Å². The lowest BCUT2D eigenvalue weighted by Gasteiger charge is -2.17. The minimum atomic E-state index is 0.250. The van der Waals surface area contributed by atoms with Crippen LogP contribution in [0.5, 0.6) is 0 Å². The van der Waals surface area contributed by atoms with Gasteiger partial charge in [0.25, 0.3) is 0 Å². The molecule has 28 heavy (non-hydrogen) atoms. The molecule has 2 aromatic carbocycles. The van der Waals surface area contributed by atoms with Crippen molar-refractivity contribution >= 4 is 0 Å². The van der Waals surface area contributed by atoms with E-state index in [0.717, 1.165) is 13.1 Å². The summed E-state index contributed by atoms with van der Waals surface area (Å²) in [4.78, 5) is 4.11. The first-order chi connectivity index (χ1) is 13.8. The van der Waals surface area contributed by atoms with E-state index in [1.165, 1.54) is 27.8 Å². The molecule has 0 aliphatic carbocycles. The lowest BCUT2D eigenvalue weighted by molar-refractivity contribution is 0.569. The van der Waals surface area contributed by atoms with Gasteiger partial charge in [-0.3, -0.25) is 9.67 Å². The summed E-state index contributed by atoms with van der Waals surface area (Å²) in [7, 11) is 0. The maximum Gasteiger partial charge on any atom is 0.0662 e. The van der Waals surface area contributed by atoms with Gasteiger partial charge in [0.05, 0.1) is 6.54 Å². The first-order valence-corrected chi connectivity index (χ1v) is 9.57. The van der Waals surface area contributed by atoms with Gasteiger partial charge in [-0.05, 0) is 59.0 Å². The minimum Gasteiger partial charge on any atom is -0.306 e. The molecular weight excluding hydrogens is 344 g/mol. The van der Waals surface area contributed by atoms with Crippen molar-refractivity contribution in [3.05, 3.63) is 108 Å². The molecule has 140 valence electrons. The van der Waals surface area contributed by atoms with Crippen LogP contribution in [0.3, 0.4) is 0 Å². The average Bonchev–Trinajstić information content (AvgIpc) is 3.27. The highest BCUT2D eigenvalue weighted by Crippen LogP contribution is 2.23. The van der Waals surface area contributed by atoms with Crippen molar-refractivity contribution in [2.45, 2.75) is 26.1 Å². The van der Waals surface area contributed by atoms with Crippen LogP contribution in [0.15, 0.2) is 91.5 Å². The molecule has 1 atom stereocenters. The molecule has 1 unspecified atom stereocenters. The molecule has 0 saturated carbocycles. The van der Waals surface area contributed by atoms with Crippen LogP contribution >= 0.6 is 0 Å². The van der Waals surface area contributed by atoms with Gasteiger partial charge in [-0.1, -0.05) is 42.5 Å². The van der Waals surface area contributed by atoms with Gasteiger partial charge in [0, 0.05) is 37.4 Å². The van der Waals surface area contributed by atoms with E-state index < -0.39 is 0 Å². The molecule has 2 aromatic heterocycles. The summed E-state index contributed by atoms with van der Waals surface area (Å²) < 4.78 is 1.96. The number of pyridine rings is 1. The summed E-state index contributed by atoms with van der Waals surface area (Å²) in [5.41, 5.74) is 6.27. The molecule has 0 aliphatic heterocycles. The van der Waals surface area contributed by atoms with Gasteiger partial charge in [0.15, 0.2) is 0 Å². The molecule has 0 fully saturated rings. The zero-order valence-corrected chi connectivity index (χ0v) is 16.0. The smallest absolute Gasteiger partial charge is 0.0662 e. The Labute approximate surface area is 165 Å². The number of nitrogens with zero attached hydrogens (tertiary/aromatic N) is 3. The first kappa shape index (κ1) is 18.1. The summed E-state index contributed by atoms with van der Waals surface area (Å²) in [5.74, 6) is 0. The third kappa shape index (κ3) is 4.35. The second kappa shape index (κ2) is 8.63. The minimum absolute atomic E-state index is 0.250. The van der Waals surface area contributed by atoms with Gasteiger partial charge in [0.1, 0.15) is 0 Å². The third-order valence-corrected chi connectivity index (χ3v) is 5.01. The van der Waals surface area contributed by atoms with Crippen molar-refractivity contribution in [2.75, 3.05) is 0 Å². The molecule has 4 heteroatoms. The predicted molar refractivity (Wildman–Crippen MR) is 113 cm³/mol. The van der Waals surface area contributed by atoms with E-state index in [9.17, 15) is 0 Å². The fraction of sp³-hybridized carbons (Fsp3) is 0.167. The zero-order chi connectivity index (χ0) is 19.2. The molecule has 0 radical (unpaired) electrons. The van der Waals surface area contributed by atoms with Crippen LogP contribution in [0.1, 0.15) is 29.7 Å². The molecule has 2 heterocycles. The highest BCUT2D eigenvalue weighted by molar-refractivity contribution is 5.63. The molecule has 0 amide bonds. The summed E-state index contributed by atoms with van der Waals surface area (Å²) >= 11 is 0. The molecule has 0 bridgehead atoms. The molecule has 0 aliphatic rings. The number of rotatable bonds is 7. The SMILES string of the molecule is CC(NCc1ccccc1Cn1cccn1)c1cccc(-c2ccncc2)c1. The second-order valence-corrected chi connectivity index (χ2v) is 6.94. The summed E-state index contributed by atoms with van der Waals surface area (Å²) in [6, 6.07) is 23.5. The van der Waals surface area contributed by atoms with Crippen LogP contribution in [-0.4, -0.2) is 14.8 Å². The van der Waals surface area contributed by atoms with E-state index in [-0.39, 0.29) is 6.04 Å². The summed E-state index contributed by atoms with van der Waals surface area (Å²) in [6.07, 6.45) is 7.48. The number of benzene rings is 2. The molecule has 4 aromatic rings. The lowest BCUT2D eigenvalue weighted by atomic mass is 10.0. The topological polar surface area (TPSA) is 42.7 Å². The van der Waals surface area contributed by atoms with E-state index in [1.54, 1.807) is 0 Å². The Morgan fingerprint density at radius 1 is 0.857 bits per heavy atom. The predicted octanol–water partition coefficient (Wildman–Crippen LogP) is 4.84. The summed E-state index contributed by atoms with van der Waals surface area (Å²) in [5, 5.41) is 8.00. The number of nitrogens with one attached hydrogen (secondary N) is 1. The van der Waals surface area contributed by atoms with E-state index in [4.69, 9.17) is 0 Å². The fourth-order valence-corrected chi connectivity index (χ4v) is 3.37. The van der Waals surface area contributed by atoms with Gasteiger partial charge >= 0.3 is 0 Å². The van der Waals surface area contributed by atoms with Crippen molar-refractivity contribution in [2.24, 2.45) is 0 Å². The van der Waals surface area contributed by atoms with Crippen molar-refractivity contribution in [1.82, 2.24) is 20.1 Å². The first-order valence-electron chi connectivity index (χ1n) is 9.57. The van der Waals surface area contributed by atoms with Crippen molar-refractivity contribution < 1.29 is 0 Å². The third-order valence-electron chi connectivity index (χ3n) is 5.01. The quantitative estimate of drug-likeness (QED) is 0.507. The van der Waals surface area contributed by atoms with Crippen LogP contribution in [0.4, 0.5) is 0 Å². The number of aromatic nitrogens is 3. The second-order valence-electron chi connectivity index (χ2n) is 6.94. The largest absolute Gasteiger partial charge is 0.306 e. The van der Waals surface area contributed by atoms with Crippen molar-refractivity contribution in [3.8, 4) is 11.1 Å². The Balaban J connectivity index is 1.46. The van der Waals surface area contributed by atoms with E-state index in [1.807, 2.05) is 47.7 Å². The molecule has 4 rings (SSSR count). The van der Waals surface area contributed by atoms with E-state index in [0.29, 0.717) is 0 Å². The Hall–Kier alpha value is -3.24. The normalized spacial score (nSPS) is 12.0. The summed E-state index contributed by atoms with van der Waals surface area (Å²) in [6.45, 7) is 3.82. The lowest BCUT2D eigenvalue weighted by Crippen LogP contribution is -2.19. The fourth-order valence-electron chi connectivity index (χ4n) is 3.37. The van der Waals surface area contributed by atoms with E-state index >= 15 is 0 Å². The van der Waals surface area contributed by atoms with Crippen LogP contribution in [0, 0.1) is 0 Å². The highest BCUT2D eigenvalue weighted by atomic mass is 15.3. The molecule has 0 saturated heterocycles. The van der Waals surface area contributed by atoms with Crippen LogP contribution in [-0.2, 0) is 13.1 Å². The van der Waals surface area contributed by atoms with Crippen molar-refractivity contribution in [3.63, 3.8) is 0 Å². The molecule has 0 spiro atoms. The Bertz CT molecular complexity index is 1010. The maximum absolute atomic E-state index is 4.33. The Kier molecular flexibility index (Phi) is 5.59. The average molecular weight is 368 g/mol.